The van der Waals surface area contributed by atoms with Crippen molar-refractivity contribution in [2.75, 3.05) is 7.11 Å². The molecule has 4 rings (SSSR count). The van der Waals surface area contributed by atoms with Crippen molar-refractivity contribution >= 4 is 33.4 Å². The van der Waals surface area contributed by atoms with Crippen molar-refractivity contribution in [3.63, 3.8) is 0 Å². The Bertz CT molecular complexity index is 1250. The molecule has 0 aliphatic carbocycles. The molecule has 0 saturated heterocycles. The van der Waals surface area contributed by atoms with Crippen LogP contribution < -0.4 is 5.32 Å². The van der Waals surface area contributed by atoms with E-state index in [9.17, 15) is 18.4 Å². The maximum absolute atomic E-state index is 13.6. The fourth-order valence-electron chi connectivity index (χ4n) is 3.75. The molecule has 0 saturated carbocycles. The molecule has 1 atom stereocenters. The summed E-state index contributed by atoms with van der Waals surface area (Å²) in [6, 6.07) is 19.5. The maximum Gasteiger partial charge on any atom is 0.328 e. The summed E-state index contributed by atoms with van der Waals surface area (Å²) in [7, 11) is 1.24. The van der Waals surface area contributed by atoms with E-state index in [1.54, 1.807) is 0 Å². The lowest BCUT2D eigenvalue weighted by atomic mass is 9.92. The number of amides is 1. The van der Waals surface area contributed by atoms with Gasteiger partial charge in [-0.2, -0.15) is 0 Å². The summed E-state index contributed by atoms with van der Waals surface area (Å²) < 4.78 is 31.7. The first kappa shape index (κ1) is 20.5. The van der Waals surface area contributed by atoms with E-state index in [4.69, 9.17) is 4.74 Å². The molecule has 0 aliphatic heterocycles. The van der Waals surface area contributed by atoms with Gasteiger partial charge in [-0.3, -0.25) is 4.79 Å². The Labute approximate surface area is 177 Å². The van der Waals surface area contributed by atoms with Crippen LogP contribution in [-0.2, 0) is 16.0 Å². The van der Waals surface area contributed by atoms with Crippen LogP contribution in [0.3, 0.4) is 0 Å². The van der Waals surface area contributed by atoms with Crippen molar-refractivity contribution in [1.29, 1.82) is 0 Å². The first-order valence-electron chi connectivity index (χ1n) is 9.71. The van der Waals surface area contributed by atoms with Gasteiger partial charge in [0.1, 0.15) is 6.04 Å². The predicted molar refractivity (Wildman–Crippen MR) is 115 cm³/mol. The molecule has 31 heavy (non-hydrogen) atoms. The van der Waals surface area contributed by atoms with E-state index in [0.29, 0.717) is 0 Å². The number of ether oxygens (including phenoxy) is 1. The molecule has 6 heteroatoms. The first-order chi connectivity index (χ1) is 15.0. The Morgan fingerprint density at radius 1 is 0.871 bits per heavy atom. The van der Waals surface area contributed by atoms with Crippen molar-refractivity contribution in [3.05, 3.63) is 95.6 Å². The minimum atomic E-state index is -1.14. The maximum atomic E-state index is 13.6. The lowest BCUT2D eigenvalue weighted by Gasteiger charge is -2.19. The lowest BCUT2D eigenvalue weighted by Crippen LogP contribution is -2.43. The molecule has 0 spiro atoms. The molecule has 0 heterocycles. The van der Waals surface area contributed by atoms with E-state index in [0.717, 1.165) is 45.3 Å². The van der Waals surface area contributed by atoms with Crippen LogP contribution in [-0.4, -0.2) is 25.0 Å². The fourth-order valence-corrected chi connectivity index (χ4v) is 3.75. The van der Waals surface area contributed by atoms with E-state index in [-0.39, 0.29) is 12.0 Å². The second-order valence-corrected chi connectivity index (χ2v) is 7.18. The highest BCUT2D eigenvalue weighted by Gasteiger charge is 2.25. The molecule has 0 fully saturated rings. The van der Waals surface area contributed by atoms with Crippen molar-refractivity contribution in [2.24, 2.45) is 0 Å². The molecule has 156 valence electrons. The Hall–Kier alpha value is -3.80. The van der Waals surface area contributed by atoms with Gasteiger partial charge in [-0.25, -0.2) is 13.6 Å². The summed E-state index contributed by atoms with van der Waals surface area (Å²) in [4.78, 5) is 25.2. The van der Waals surface area contributed by atoms with Gasteiger partial charge >= 0.3 is 5.97 Å². The van der Waals surface area contributed by atoms with Gasteiger partial charge < -0.3 is 10.1 Å². The second kappa shape index (κ2) is 8.52. The van der Waals surface area contributed by atoms with E-state index in [1.165, 1.54) is 7.11 Å². The average molecular weight is 419 g/mol. The van der Waals surface area contributed by atoms with Crippen LogP contribution in [0.4, 0.5) is 8.78 Å². The highest BCUT2D eigenvalue weighted by Crippen LogP contribution is 2.29. The fraction of sp³-hybridized carbons (Fsp3) is 0.120. The average Bonchev–Trinajstić information content (AvgIpc) is 2.79. The smallest absolute Gasteiger partial charge is 0.328 e. The molecule has 0 radical (unpaired) electrons. The molecule has 4 aromatic rings. The molecule has 4 aromatic carbocycles. The van der Waals surface area contributed by atoms with Crippen molar-refractivity contribution < 1.29 is 23.1 Å². The number of halogens is 2. The van der Waals surface area contributed by atoms with Crippen molar-refractivity contribution in [3.8, 4) is 0 Å². The number of rotatable bonds is 5. The number of carbonyl (C=O) groups excluding carboxylic acids is 2. The Balaban J connectivity index is 1.74. The summed E-state index contributed by atoms with van der Waals surface area (Å²) in [5.41, 5.74) is 0.797. The Morgan fingerprint density at radius 3 is 2.06 bits per heavy atom. The molecule has 1 amide bonds. The highest BCUT2D eigenvalue weighted by molar-refractivity contribution is 6.03. The van der Waals surface area contributed by atoms with Crippen LogP contribution in [0.2, 0.25) is 0 Å². The molecule has 4 nitrogen and oxygen atoms in total. The Morgan fingerprint density at radius 2 is 1.48 bits per heavy atom. The van der Waals surface area contributed by atoms with Crippen LogP contribution >= 0.6 is 0 Å². The minimum Gasteiger partial charge on any atom is -0.467 e. The lowest BCUT2D eigenvalue weighted by molar-refractivity contribution is -0.142. The SMILES string of the molecule is COC(=O)[C@@H](Cc1c2ccccc2cc2ccccc12)NC(=O)c1ccc(F)c(F)c1. The van der Waals surface area contributed by atoms with Gasteiger partial charge in [0.25, 0.3) is 5.91 Å². The van der Waals surface area contributed by atoms with Crippen LogP contribution in [0.15, 0.2) is 72.8 Å². The van der Waals surface area contributed by atoms with Crippen LogP contribution in [0.1, 0.15) is 15.9 Å². The quantitative estimate of drug-likeness (QED) is 0.374. The topological polar surface area (TPSA) is 55.4 Å². The number of fused-ring (bicyclic) bond motifs is 2. The molecule has 0 bridgehead atoms. The highest BCUT2D eigenvalue weighted by atomic mass is 19.2. The van der Waals surface area contributed by atoms with Gasteiger partial charge in [-0.1, -0.05) is 48.5 Å². The first-order valence-corrected chi connectivity index (χ1v) is 9.71. The number of esters is 1. The van der Waals surface area contributed by atoms with Gasteiger partial charge in [-0.05, 0) is 51.4 Å². The summed E-state index contributed by atoms with van der Waals surface area (Å²) in [6.45, 7) is 0. The number of methoxy groups -OCH3 is 1. The molecule has 1 N–H and O–H groups in total. The predicted octanol–water partition coefficient (Wildman–Crippen LogP) is 4.79. The third kappa shape index (κ3) is 4.10. The number of hydrogen-bond acceptors (Lipinski definition) is 3. The van der Waals surface area contributed by atoms with Gasteiger partial charge in [-0.15, -0.1) is 0 Å². The van der Waals surface area contributed by atoms with Gasteiger partial charge in [0, 0.05) is 12.0 Å². The van der Waals surface area contributed by atoms with E-state index < -0.39 is 29.6 Å². The molecule has 0 aliphatic rings. The largest absolute Gasteiger partial charge is 0.467 e. The van der Waals surface area contributed by atoms with Crippen LogP contribution in [0.25, 0.3) is 21.5 Å². The zero-order valence-electron chi connectivity index (χ0n) is 16.7. The summed E-state index contributed by atoms with van der Waals surface area (Å²) >= 11 is 0. The summed E-state index contributed by atoms with van der Waals surface area (Å²) in [5.74, 6) is -3.52. The van der Waals surface area contributed by atoms with Crippen LogP contribution in [0, 0.1) is 11.6 Å². The molecule has 0 unspecified atom stereocenters. The normalized spacial score (nSPS) is 12.0. The zero-order chi connectivity index (χ0) is 22.0. The number of carbonyl (C=O) groups is 2. The summed E-state index contributed by atoms with van der Waals surface area (Å²) in [5, 5.41) is 6.53. The molecular formula is C25H19F2NO3. The number of benzene rings is 4. The van der Waals surface area contributed by atoms with Crippen molar-refractivity contribution in [1.82, 2.24) is 5.32 Å². The van der Waals surface area contributed by atoms with Crippen LogP contribution in [0.5, 0.6) is 0 Å². The second-order valence-electron chi connectivity index (χ2n) is 7.18. The molecule has 0 aromatic heterocycles. The Kier molecular flexibility index (Phi) is 5.62. The third-order valence-corrected chi connectivity index (χ3v) is 5.26. The van der Waals surface area contributed by atoms with Crippen molar-refractivity contribution in [2.45, 2.75) is 12.5 Å². The van der Waals surface area contributed by atoms with E-state index >= 15 is 0 Å². The summed E-state index contributed by atoms with van der Waals surface area (Å²) in [6.07, 6.45) is 0.171. The van der Waals surface area contributed by atoms with E-state index in [1.807, 2.05) is 48.5 Å². The molecular weight excluding hydrogens is 400 g/mol. The zero-order valence-corrected chi connectivity index (χ0v) is 16.7. The van der Waals surface area contributed by atoms with Gasteiger partial charge in [0.2, 0.25) is 0 Å². The third-order valence-electron chi connectivity index (χ3n) is 5.26. The number of nitrogens with one attached hydrogen (secondary N) is 1. The standard InChI is InChI=1S/C25H19F2NO3/c1-31-25(30)23(28-24(29)17-10-11-21(26)22(27)13-17)14-20-18-8-4-2-6-15(18)12-16-7-3-5-9-19(16)20/h2-13,23H,14H2,1H3,(H,28,29)/t23-/m1/s1. The number of hydrogen-bond donors (Lipinski definition) is 1. The van der Waals surface area contributed by atoms with Gasteiger partial charge in [0.15, 0.2) is 11.6 Å². The minimum absolute atomic E-state index is 0.0874. The van der Waals surface area contributed by atoms with Gasteiger partial charge in [0.05, 0.1) is 7.11 Å². The monoisotopic (exact) mass is 419 g/mol. The van der Waals surface area contributed by atoms with E-state index in [2.05, 4.69) is 11.4 Å².